The van der Waals surface area contributed by atoms with E-state index in [-0.39, 0.29) is 0 Å². The van der Waals surface area contributed by atoms with Crippen molar-refractivity contribution in [3.8, 4) is 0 Å². The van der Waals surface area contributed by atoms with Crippen LogP contribution in [0.5, 0.6) is 0 Å². The molecule has 1 unspecified atom stereocenters. The van der Waals surface area contributed by atoms with Gasteiger partial charge in [-0.2, -0.15) is 0 Å². The highest BCUT2D eigenvalue weighted by atomic mass is 14.2. The fourth-order valence-corrected chi connectivity index (χ4v) is 1.55. The first kappa shape index (κ1) is 8.58. The highest BCUT2D eigenvalue weighted by molar-refractivity contribution is 5.13. The summed E-state index contributed by atoms with van der Waals surface area (Å²) >= 11 is 0. The van der Waals surface area contributed by atoms with Crippen molar-refractivity contribution in [2.45, 2.75) is 33.1 Å². The Labute approximate surface area is 70.0 Å². The average molecular weight is 150 g/mol. The van der Waals surface area contributed by atoms with Crippen LogP contribution >= 0.6 is 0 Å². The third-order valence-electron chi connectivity index (χ3n) is 2.47. The zero-order valence-corrected chi connectivity index (χ0v) is 7.64. The topological polar surface area (TPSA) is 0 Å². The molecule has 0 fully saturated rings. The van der Waals surface area contributed by atoms with Gasteiger partial charge in [0.15, 0.2) is 0 Å². The minimum atomic E-state index is 0.641. The van der Waals surface area contributed by atoms with E-state index < -0.39 is 0 Å². The van der Waals surface area contributed by atoms with E-state index >= 15 is 0 Å². The monoisotopic (exact) mass is 150 g/mol. The normalized spacial score (nSPS) is 24.1. The lowest BCUT2D eigenvalue weighted by Crippen LogP contribution is -2.07. The van der Waals surface area contributed by atoms with Crippen molar-refractivity contribution in [2.24, 2.45) is 11.8 Å². The van der Waals surface area contributed by atoms with E-state index in [4.69, 9.17) is 0 Å². The first-order chi connectivity index (χ1) is 5.22. The molecule has 0 saturated heterocycles. The molecule has 0 amide bonds. The van der Waals surface area contributed by atoms with Crippen LogP contribution in [0.15, 0.2) is 24.3 Å². The molecule has 1 rings (SSSR count). The Balaban J connectivity index is 2.52. The van der Waals surface area contributed by atoms with Crippen LogP contribution in [0.3, 0.4) is 0 Å². The number of rotatable bonds is 2. The molecule has 0 N–H and O–H groups in total. The summed E-state index contributed by atoms with van der Waals surface area (Å²) in [6, 6.07) is 0. The maximum absolute atomic E-state index is 4.13. The van der Waals surface area contributed by atoms with Crippen LogP contribution in [0, 0.1) is 11.8 Å². The van der Waals surface area contributed by atoms with Gasteiger partial charge in [0.1, 0.15) is 0 Å². The molecule has 0 aromatic rings. The molecule has 1 atom stereocenters. The van der Waals surface area contributed by atoms with Crippen molar-refractivity contribution in [3.63, 3.8) is 0 Å². The van der Waals surface area contributed by atoms with Crippen LogP contribution in [0.4, 0.5) is 0 Å². The maximum atomic E-state index is 4.13. The van der Waals surface area contributed by atoms with Gasteiger partial charge in [0.25, 0.3) is 0 Å². The number of hydrogen-bond acceptors (Lipinski definition) is 0. The summed E-state index contributed by atoms with van der Waals surface area (Å²) in [5.74, 6) is 1.31. The molecular formula is C11H18. The zero-order chi connectivity index (χ0) is 8.27. The molecule has 0 saturated carbocycles. The molecule has 0 aliphatic heterocycles. The SMILES string of the molecule is C=C(C(C)C)C1C=CCCC1. The van der Waals surface area contributed by atoms with E-state index in [0.29, 0.717) is 11.8 Å². The van der Waals surface area contributed by atoms with Gasteiger partial charge in [0, 0.05) is 0 Å². The Morgan fingerprint density at radius 3 is 2.73 bits per heavy atom. The predicted octanol–water partition coefficient (Wildman–Crippen LogP) is 3.55. The Morgan fingerprint density at radius 2 is 2.27 bits per heavy atom. The molecule has 1 aliphatic rings. The Hall–Kier alpha value is -0.520. The molecule has 0 nitrogen and oxygen atoms in total. The van der Waals surface area contributed by atoms with Crippen molar-refractivity contribution in [1.82, 2.24) is 0 Å². The quantitative estimate of drug-likeness (QED) is 0.528. The van der Waals surface area contributed by atoms with E-state index in [2.05, 4.69) is 32.6 Å². The molecule has 0 bridgehead atoms. The summed E-state index contributed by atoms with van der Waals surface area (Å²) in [6.45, 7) is 8.58. The van der Waals surface area contributed by atoms with Crippen LogP contribution < -0.4 is 0 Å². The van der Waals surface area contributed by atoms with Gasteiger partial charge in [-0.15, -0.1) is 0 Å². The lowest BCUT2D eigenvalue weighted by molar-refractivity contribution is 0.552. The van der Waals surface area contributed by atoms with E-state index in [0.717, 1.165) is 0 Å². The fraction of sp³-hybridized carbons (Fsp3) is 0.636. The van der Waals surface area contributed by atoms with Crippen molar-refractivity contribution in [1.29, 1.82) is 0 Å². The Morgan fingerprint density at radius 1 is 1.55 bits per heavy atom. The molecule has 0 spiro atoms. The Bertz CT molecular complexity index is 163. The minimum absolute atomic E-state index is 0.641. The standard InChI is InChI=1S/C11H18/c1-9(2)10(3)11-7-5-4-6-8-11/h5,7,9,11H,3-4,6,8H2,1-2H3. The van der Waals surface area contributed by atoms with Gasteiger partial charge in [-0.1, -0.05) is 38.2 Å². The smallest absolute Gasteiger partial charge is 0.00233 e. The van der Waals surface area contributed by atoms with Gasteiger partial charge in [0.2, 0.25) is 0 Å². The molecule has 0 heteroatoms. The van der Waals surface area contributed by atoms with E-state index in [1.165, 1.54) is 24.8 Å². The van der Waals surface area contributed by atoms with Gasteiger partial charge >= 0.3 is 0 Å². The van der Waals surface area contributed by atoms with Crippen molar-refractivity contribution < 1.29 is 0 Å². The summed E-state index contributed by atoms with van der Waals surface area (Å²) in [4.78, 5) is 0. The van der Waals surface area contributed by atoms with Gasteiger partial charge < -0.3 is 0 Å². The Kier molecular flexibility index (Phi) is 2.92. The molecule has 62 valence electrons. The summed E-state index contributed by atoms with van der Waals surface area (Å²) < 4.78 is 0. The van der Waals surface area contributed by atoms with Gasteiger partial charge in [0.05, 0.1) is 0 Å². The van der Waals surface area contributed by atoms with Crippen molar-refractivity contribution in [3.05, 3.63) is 24.3 Å². The van der Waals surface area contributed by atoms with Crippen LogP contribution in [0.2, 0.25) is 0 Å². The minimum Gasteiger partial charge on any atom is -0.0990 e. The molecule has 0 aromatic carbocycles. The second-order valence-corrected chi connectivity index (χ2v) is 3.70. The van der Waals surface area contributed by atoms with Gasteiger partial charge in [-0.25, -0.2) is 0 Å². The predicted molar refractivity (Wildman–Crippen MR) is 50.5 cm³/mol. The van der Waals surface area contributed by atoms with Crippen LogP contribution in [-0.4, -0.2) is 0 Å². The van der Waals surface area contributed by atoms with Crippen LogP contribution in [0.25, 0.3) is 0 Å². The molecular weight excluding hydrogens is 132 g/mol. The third kappa shape index (κ3) is 2.21. The molecule has 0 heterocycles. The lowest BCUT2D eigenvalue weighted by Gasteiger charge is -2.21. The fourth-order valence-electron chi connectivity index (χ4n) is 1.55. The average Bonchev–Trinajstić information content (AvgIpc) is 2.05. The van der Waals surface area contributed by atoms with Crippen LogP contribution in [-0.2, 0) is 0 Å². The second-order valence-electron chi connectivity index (χ2n) is 3.70. The number of hydrogen-bond donors (Lipinski definition) is 0. The summed E-state index contributed by atoms with van der Waals surface area (Å²) in [5, 5.41) is 0. The zero-order valence-electron chi connectivity index (χ0n) is 7.64. The molecule has 0 radical (unpaired) electrons. The van der Waals surface area contributed by atoms with E-state index in [1.54, 1.807) is 0 Å². The van der Waals surface area contributed by atoms with E-state index in [1.807, 2.05) is 0 Å². The third-order valence-corrected chi connectivity index (χ3v) is 2.47. The largest absolute Gasteiger partial charge is 0.0990 e. The van der Waals surface area contributed by atoms with Crippen molar-refractivity contribution in [2.75, 3.05) is 0 Å². The summed E-state index contributed by atoms with van der Waals surface area (Å²) in [5.41, 5.74) is 1.40. The van der Waals surface area contributed by atoms with Gasteiger partial charge in [-0.05, 0) is 31.1 Å². The first-order valence-electron chi connectivity index (χ1n) is 4.57. The molecule has 1 aliphatic carbocycles. The van der Waals surface area contributed by atoms with E-state index in [9.17, 15) is 0 Å². The van der Waals surface area contributed by atoms with Crippen LogP contribution in [0.1, 0.15) is 33.1 Å². The highest BCUT2D eigenvalue weighted by Crippen LogP contribution is 2.27. The highest BCUT2D eigenvalue weighted by Gasteiger charge is 2.13. The first-order valence-corrected chi connectivity index (χ1v) is 4.57. The van der Waals surface area contributed by atoms with Crippen molar-refractivity contribution >= 4 is 0 Å². The molecule has 0 aromatic heterocycles. The summed E-state index contributed by atoms with van der Waals surface area (Å²) in [7, 11) is 0. The van der Waals surface area contributed by atoms with Gasteiger partial charge in [-0.3, -0.25) is 0 Å². The lowest BCUT2D eigenvalue weighted by atomic mass is 9.85. The molecule has 11 heavy (non-hydrogen) atoms. The number of allylic oxidation sites excluding steroid dienone is 3. The maximum Gasteiger partial charge on any atom is -0.00233 e. The second kappa shape index (κ2) is 3.75. The summed E-state index contributed by atoms with van der Waals surface area (Å²) in [6.07, 6.45) is 8.54.